The summed E-state index contributed by atoms with van der Waals surface area (Å²) in [4.78, 5) is 0. The summed E-state index contributed by atoms with van der Waals surface area (Å²) in [6, 6.07) is 0. The predicted molar refractivity (Wildman–Crippen MR) is 104 cm³/mol. The minimum absolute atomic E-state index is 0.163. The first-order chi connectivity index (χ1) is 12.4. The fraction of sp³-hybridized carbons (Fsp3) is 0.400. The lowest BCUT2D eigenvalue weighted by atomic mass is 9.98. The average molecular weight is 397 g/mol. The topological polar surface area (TPSA) is 58.9 Å². The van der Waals surface area contributed by atoms with E-state index in [9.17, 15) is 10.2 Å². The predicted octanol–water partition coefficient (Wildman–Crippen LogP) is 6.55. The van der Waals surface area contributed by atoms with E-state index in [1.807, 2.05) is 27.7 Å². The quantitative estimate of drug-likeness (QED) is 0.490. The van der Waals surface area contributed by atoms with Crippen LogP contribution in [0, 0.1) is 0 Å². The SMILES string of the molecule is CCc1c(Cl)c(Cl)c2c(c1CC)Oc1c(CC)c(O)c(O)c(CC)c1O2. The van der Waals surface area contributed by atoms with Crippen molar-refractivity contribution < 1.29 is 19.7 Å². The molecule has 0 saturated heterocycles. The Balaban J connectivity index is 2.35. The summed E-state index contributed by atoms with van der Waals surface area (Å²) in [5.74, 6) is 1.37. The van der Waals surface area contributed by atoms with Gasteiger partial charge < -0.3 is 19.7 Å². The molecule has 0 unspecified atom stereocenters. The van der Waals surface area contributed by atoms with Crippen molar-refractivity contribution in [3.8, 4) is 34.5 Å². The zero-order valence-electron chi connectivity index (χ0n) is 15.3. The van der Waals surface area contributed by atoms with Gasteiger partial charge in [-0.15, -0.1) is 0 Å². The molecule has 6 heteroatoms. The number of ether oxygens (including phenoxy) is 2. The Morgan fingerprint density at radius 3 is 1.38 bits per heavy atom. The molecule has 0 saturated carbocycles. The number of hydrogen-bond acceptors (Lipinski definition) is 4. The zero-order chi connectivity index (χ0) is 19.2. The lowest BCUT2D eigenvalue weighted by molar-refractivity contribution is 0.333. The van der Waals surface area contributed by atoms with Crippen molar-refractivity contribution in [2.75, 3.05) is 0 Å². The molecule has 4 nitrogen and oxygen atoms in total. The summed E-state index contributed by atoms with van der Waals surface area (Å²) in [6.45, 7) is 7.78. The molecule has 0 bridgehead atoms. The molecule has 0 amide bonds. The fourth-order valence-corrected chi connectivity index (χ4v) is 4.10. The molecule has 2 aromatic rings. The van der Waals surface area contributed by atoms with E-state index in [0.717, 1.165) is 11.1 Å². The van der Waals surface area contributed by atoms with Gasteiger partial charge in [-0.3, -0.25) is 0 Å². The number of hydrogen-bond donors (Lipinski definition) is 2. The Labute approximate surface area is 163 Å². The number of phenols is 2. The van der Waals surface area contributed by atoms with Gasteiger partial charge in [-0.1, -0.05) is 50.9 Å². The van der Waals surface area contributed by atoms with Crippen LogP contribution in [0.15, 0.2) is 0 Å². The number of fused-ring (bicyclic) bond motifs is 2. The molecule has 0 radical (unpaired) electrons. The molecule has 26 heavy (non-hydrogen) atoms. The summed E-state index contributed by atoms with van der Waals surface area (Å²) in [5, 5.41) is 21.5. The monoisotopic (exact) mass is 396 g/mol. The van der Waals surface area contributed by atoms with Crippen LogP contribution in [0.25, 0.3) is 0 Å². The van der Waals surface area contributed by atoms with E-state index in [1.165, 1.54) is 0 Å². The molecule has 1 heterocycles. The number of halogens is 2. The lowest BCUT2D eigenvalue weighted by Crippen LogP contribution is -2.09. The highest BCUT2D eigenvalue weighted by Gasteiger charge is 2.34. The van der Waals surface area contributed by atoms with E-state index in [2.05, 4.69) is 0 Å². The van der Waals surface area contributed by atoms with Crippen LogP contribution >= 0.6 is 23.2 Å². The lowest BCUT2D eigenvalue weighted by Gasteiger charge is -2.29. The molecule has 0 fully saturated rings. The van der Waals surface area contributed by atoms with Crippen molar-refractivity contribution in [3.05, 3.63) is 32.3 Å². The molecule has 3 rings (SSSR count). The number of benzene rings is 2. The standard InChI is InChI=1S/C20H22Cl2O4/c1-5-9-10(6-2)17-20(14(22)13(9)21)26-19-12(8-4)16(24)15(23)11(7-3)18(19)25-17/h23-24H,5-8H2,1-4H3. The highest BCUT2D eigenvalue weighted by atomic mass is 35.5. The van der Waals surface area contributed by atoms with Gasteiger partial charge in [-0.2, -0.15) is 0 Å². The summed E-state index contributed by atoms with van der Waals surface area (Å²) in [6.07, 6.45) is 2.36. The zero-order valence-corrected chi connectivity index (χ0v) is 16.8. The van der Waals surface area contributed by atoms with Gasteiger partial charge in [-0.05, 0) is 31.2 Å². The Kier molecular flexibility index (Phi) is 5.18. The van der Waals surface area contributed by atoms with Crippen molar-refractivity contribution in [1.82, 2.24) is 0 Å². The molecule has 0 spiro atoms. The first-order valence-electron chi connectivity index (χ1n) is 8.88. The van der Waals surface area contributed by atoms with Gasteiger partial charge in [0.05, 0.1) is 5.02 Å². The molecule has 2 N–H and O–H groups in total. The molecule has 140 valence electrons. The van der Waals surface area contributed by atoms with E-state index in [4.69, 9.17) is 32.7 Å². The maximum Gasteiger partial charge on any atom is 0.190 e. The van der Waals surface area contributed by atoms with Gasteiger partial charge in [-0.25, -0.2) is 0 Å². The van der Waals surface area contributed by atoms with Crippen LogP contribution in [0.5, 0.6) is 34.5 Å². The van der Waals surface area contributed by atoms with Crippen molar-refractivity contribution >= 4 is 23.2 Å². The van der Waals surface area contributed by atoms with E-state index in [-0.39, 0.29) is 11.5 Å². The highest BCUT2D eigenvalue weighted by molar-refractivity contribution is 6.43. The van der Waals surface area contributed by atoms with Crippen molar-refractivity contribution in [2.24, 2.45) is 0 Å². The molecule has 0 atom stereocenters. The summed E-state index contributed by atoms with van der Waals surface area (Å²) >= 11 is 13.0. The molecule has 2 aromatic carbocycles. The first-order valence-corrected chi connectivity index (χ1v) is 9.64. The van der Waals surface area contributed by atoms with Crippen molar-refractivity contribution in [2.45, 2.75) is 53.4 Å². The average Bonchev–Trinajstić information content (AvgIpc) is 2.65. The summed E-state index contributed by atoms with van der Waals surface area (Å²) in [5.41, 5.74) is 2.86. The van der Waals surface area contributed by atoms with Gasteiger partial charge in [0, 0.05) is 16.7 Å². The van der Waals surface area contributed by atoms with Crippen LogP contribution in [-0.2, 0) is 25.7 Å². The minimum atomic E-state index is -0.182. The van der Waals surface area contributed by atoms with E-state index >= 15 is 0 Å². The van der Waals surface area contributed by atoms with Crippen LogP contribution in [0.3, 0.4) is 0 Å². The second-order valence-electron chi connectivity index (χ2n) is 6.17. The van der Waals surface area contributed by atoms with Gasteiger partial charge in [0.2, 0.25) is 0 Å². The van der Waals surface area contributed by atoms with Gasteiger partial charge in [0.25, 0.3) is 0 Å². The van der Waals surface area contributed by atoms with Crippen LogP contribution in [0.1, 0.15) is 49.9 Å². The van der Waals surface area contributed by atoms with Crippen molar-refractivity contribution in [1.29, 1.82) is 0 Å². The first kappa shape index (κ1) is 19.0. The third-order valence-corrected chi connectivity index (χ3v) is 5.75. The Morgan fingerprint density at radius 1 is 0.577 bits per heavy atom. The second-order valence-corrected chi connectivity index (χ2v) is 6.93. The van der Waals surface area contributed by atoms with Gasteiger partial charge in [0.15, 0.2) is 34.5 Å². The molecular formula is C20H22Cl2O4. The van der Waals surface area contributed by atoms with Crippen LogP contribution in [0.4, 0.5) is 0 Å². The third-order valence-electron chi connectivity index (χ3n) is 4.87. The molecule has 0 aliphatic carbocycles. The van der Waals surface area contributed by atoms with Gasteiger partial charge in [0.1, 0.15) is 5.02 Å². The molecule has 1 aliphatic rings. The highest BCUT2D eigenvalue weighted by Crippen LogP contribution is 2.59. The van der Waals surface area contributed by atoms with Crippen LogP contribution < -0.4 is 9.47 Å². The minimum Gasteiger partial charge on any atom is -0.504 e. The maximum atomic E-state index is 10.4. The fourth-order valence-electron chi connectivity index (χ4n) is 3.53. The second kappa shape index (κ2) is 7.09. The number of aromatic hydroxyl groups is 2. The van der Waals surface area contributed by atoms with E-state index < -0.39 is 0 Å². The largest absolute Gasteiger partial charge is 0.504 e. The summed E-state index contributed by atoms with van der Waals surface area (Å²) in [7, 11) is 0. The molecule has 1 aliphatic heterocycles. The normalized spacial score (nSPS) is 12.2. The summed E-state index contributed by atoms with van der Waals surface area (Å²) < 4.78 is 12.4. The van der Waals surface area contributed by atoms with Crippen LogP contribution in [-0.4, -0.2) is 10.2 Å². The third kappa shape index (κ3) is 2.58. The Bertz CT molecular complexity index is 891. The molecular weight excluding hydrogens is 375 g/mol. The molecule has 0 aromatic heterocycles. The van der Waals surface area contributed by atoms with Gasteiger partial charge >= 0.3 is 0 Å². The maximum absolute atomic E-state index is 10.4. The smallest absolute Gasteiger partial charge is 0.190 e. The van der Waals surface area contributed by atoms with Crippen LogP contribution in [0.2, 0.25) is 10.0 Å². The number of phenolic OH excluding ortho intramolecular Hbond substituents is 2. The van der Waals surface area contributed by atoms with E-state index in [1.54, 1.807) is 0 Å². The Morgan fingerprint density at radius 2 is 0.962 bits per heavy atom. The van der Waals surface area contributed by atoms with Crippen molar-refractivity contribution in [3.63, 3.8) is 0 Å². The van der Waals surface area contributed by atoms with E-state index in [0.29, 0.717) is 69.9 Å². The number of rotatable bonds is 4. The Hall–Kier alpha value is -1.78.